The van der Waals surface area contributed by atoms with Crippen molar-refractivity contribution in [3.63, 3.8) is 0 Å². The first-order valence-corrected chi connectivity index (χ1v) is 9.39. The molecule has 3 aromatic carbocycles. The molecular formula is C20H21BrN6O3. The first-order chi connectivity index (χ1) is 14.1. The average Bonchev–Trinajstić information content (AvgIpc) is 2.67. The van der Waals surface area contributed by atoms with Gasteiger partial charge in [-0.25, -0.2) is 0 Å². The lowest BCUT2D eigenvalue weighted by Crippen LogP contribution is -2.07. The highest BCUT2D eigenvalue weighted by Crippen LogP contribution is 2.29. The molecule has 3 rings (SSSR count). The van der Waals surface area contributed by atoms with Gasteiger partial charge in [0, 0.05) is 17.5 Å². The van der Waals surface area contributed by atoms with E-state index in [0.717, 1.165) is 11.1 Å². The fourth-order valence-corrected chi connectivity index (χ4v) is 2.81. The molecule has 0 saturated carbocycles. The Morgan fingerprint density at radius 1 is 0.867 bits per heavy atom. The maximum Gasteiger partial charge on any atom is 0.293 e. The number of nitrogens with zero attached hydrogens (tertiary/aromatic N) is 1. The van der Waals surface area contributed by atoms with Crippen LogP contribution in [0.3, 0.4) is 0 Å². The summed E-state index contributed by atoms with van der Waals surface area (Å²) in [5, 5.41) is 13.0. The Morgan fingerprint density at radius 3 is 1.77 bits per heavy atom. The van der Waals surface area contributed by atoms with Crippen molar-refractivity contribution in [2.45, 2.75) is 6.92 Å². The fraction of sp³-hybridized carbons (Fsp3) is 0.0500. The van der Waals surface area contributed by atoms with E-state index >= 15 is 0 Å². The minimum absolute atomic E-state index is 0.130. The first kappa shape index (κ1) is 22.5. The molecule has 10 heteroatoms. The number of carbonyl (C=O) groups is 1. The molecule has 0 atom stereocenters. The van der Waals surface area contributed by atoms with Gasteiger partial charge in [0.05, 0.1) is 27.7 Å². The molecule has 0 heterocycles. The van der Waals surface area contributed by atoms with Crippen LogP contribution in [-0.2, 0) is 4.79 Å². The maximum absolute atomic E-state index is 10.7. The Labute approximate surface area is 181 Å². The highest BCUT2D eigenvalue weighted by Gasteiger charge is 2.14. The summed E-state index contributed by atoms with van der Waals surface area (Å²) in [5.74, 6) is -0.338. The molecule has 1 amide bonds. The van der Waals surface area contributed by atoms with Crippen molar-refractivity contribution in [1.82, 2.24) is 0 Å². The number of hydrogen-bond donors (Lipinski definition) is 5. The summed E-state index contributed by atoms with van der Waals surface area (Å²) < 4.78 is 0.596. The van der Waals surface area contributed by atoms with Gasteiger partial charge in [-0.1, -0.05) is 28.1 Å². The smallest absolute Gasteiger partial charge is 0.293 e. The number of benzene rings is 3. The SMILES string of the molecule is CC(=O)Nc1ccc(Br)cc1[N+](=O)[O-].Nc1ccc(-c2ccc(N)c(N)c2)cc1N. The summed E-state index contributed by atoms with van der Waals surface area (Å²) in [6, 6.07) is 15.4. The van der Waals surface area contributed by atoms with E-state index in [1.165, 1.54) is 19.1 Å². The van der Waals surface area contributed by atoms with Crippen molar-refractivity contribution in [3.8, 4) is 11.1 Å². The summed E-state index contributed by atoms with van der Waals surface area (Å²) in [6.07, 6.45) is 0. The molecule has 0 radical (unpaired) electrons. The molecule has 156 valence electrons. The monoisotopic (exact) mass is 472 g/mol. The molecule has 0 aromatic heterocycles. The summed E-state index contributed by atoms with van der Waals surface area (Å²) in [7, 11) is 0. The Kier molecular flexibility index (Phi) is 7.21. The molecule has 0 unspecified atom stereocenters. The second kappa shape index (κ2) is 9.61. The highest BCUT2D eigenvalue weighted by molar-refractivity contribution is 9.10. The van der Waals surface area contributed by atoms with Gasteiger partial charge in [0.15, 0.2) is 0 Å². The number of carbonyl (C=O) groups excluding carboxylic acids is 1. The van der Waals surface area contributed by atoms with Crippen LogP contribution in [0.5, 0.6) is 0 Å². The second-order valence-electron chi connectivity index (χ2n) is 6.29. The lowest BCUT2D eigenvalue weighted by Gasteiger charge is -2.07. The number of nitrogens with two attached hydrogens (primary N) is 4. The Bertz CT molecular complexity index is 1050. The largest absolute Gasteiger partial charge is 0.397 e. The fourth-order valence-electron chi connectivity index (χ4n) is 2.46. The lowest BCUT2D eigenvalue weighted by atomic mass is 10.0. The van der Waals surface area contributed by atoms with E-state index < -0.39 is 4.92 Å². The molecule has 0 fully saturated rings. The van der Waals surface area contributed by atoms with Gasteiger partial charge >= 0.3 is 0 Å². The molecule has 0 bridgehead atoms. The minimum atomic E-state index is -0.546. The van der Waals surface area contributed by atoms with Crippen LogP contribution in [0.4, 0.5) is 34.1 Å². The summed E-state index contributed by atoms with van der Waals surface area (Å²) >= 11 is 3.11. The zero-order chi connectivity index (χ0) is 22.4. The number of nitro groups is 1. The topological polar surface area (TPSA) is 176 Å². The van der Waals surface area contributed by atoms with Gasteiger partial charge in [0.2, 0.25) is 5.91 Å². The third-order valence-electron chi connectivity index (χ3n) is 3.97. The van der Waals surface area contributed by atoms with E-state index in [0.29, 0.717) is 27.2 Å². The quantitative estimate of drug-likeness (QED) is 0.217. The third kappa shape index (κ3) is 5.85. The number of rotatable bonds is 3. The Morgan fingerprint density at radius 2 is 1.37 bits per heavy atom. The van der Waals surface area contributed by atoms with Gasteiger partial charge in [-0.15, -0.1) is 0 Å². The van der Waals surface area contributed by atoms with E-state index in [4.69, 9.17) is 22.9 Å². The van der Waals surface area contributed by atoms with Crippen LogP contribution in [-0.4, -0.2) is 10.8 Å². The van der Waals surface area contributed by atoms with Gasteiger partial charge in [0.1, 0.15) is 5.69 Å². The summed E-state index contributed by atoms with van der Waals surface area (Å²) in [5.41, 5.74) is 27.1. The number of nitrogen functional groups attached to an aromatic ring is 4. The predicted octanol–water partition coefficient (Wildman–Crippen LogP) is 4.00. The van der Waals surface area contributed by atoms with E-state index in [1.807, 2.05) is 24.3 Å². The van der Waals surface area contributed by atoms with E-state index in [1.54, 1.807) is 18.2 Å². The van der Waals surface area contributed by atoms with Crippen LogP contribution in [0.25, 0.3) is 11.1 Å². The Balaban J connectivity index is 0.000000216. The number of nitrogens with one attached hydrogen (secondary N) is 1. The normalized spacial score (nSPS) is 9.93. The van der Waals surface area contributed by atoms with Crippen LogP contribution in [0, 0.1) is 10.1 Å². The zero-order valence-electron chi connectivity index (χ0n) is 16.1. The van der Waals surface area contributed by atoms with Gasteiger partial charge in [-0.05, 0) is 47.5 Å². The number of hydrogen-bond acceptors (Lipinski definition) is 7. The maximum atomic E-state index is 10.7. The molecule has 30 heavy (non-hydrogen) atoms. The first-order valence-electron chi connectivity index (χ1n) is 8.60. The summed E-state index contributed by atoms with van der Waals surface area (Å²) in [6.45, 7) is 1.30. The number of amides is 1. The second-order valence-corrected chi connectivity index (χ2v) is 7.20. The van der Waals surface area contributed by atoms with Crippen LogP contribution in [0.1, 0.15) is 6.92 Å². The van der Waals surface area contributed by atoms with Crippen LogP contribution < -0.4 is 28.3 Å². The Hall–Kier alpha value is -3.79. The van der Waals surface area contributed by atoms with Gasteiger partial charge in [-0.2, -0.15) is 0 Å². The van der Waals surface area contributed by atoms with E-state index in [2.05, 4.69) is 21.2 Å². The van der Waals surface area contributed by atoms with Gasteiger partial charge in [0.25, 0.3) is 5.69 Å². The standard InChI is InChI=1S/C12H14N4.C8H7BrN2O3/c13-9-3-1-7(5-11(9)15)8-2-4-10(14)12(16)6-8;1-5(12)10-7-3-2-6(9)4-8(7)11(13)14/h1-6H,13-16H2;2-4H,1H3,(H,10,12). The van der Waals surface area contributed by atoms with E-state index in [9.17, 15) is 14.9 Å². The molecule has 0 aliphatic heterocycles. The molecule has 3 aromatic rings. The number of anilines is 5. The molecule has 0 spiro atoms. The molecule has 9 nitrogen and oxygen atoms in total. The molecule has 0 saturated heterocycles. The molecule has 0 aliphatic carbocycles. The zero-order valence-corrected chi connectivity index (χ0v) is 17.6. The van der Waals surface area contributed by atoms with Crippen LogP contribution in [0.15, 0.2) is 59.1 Å². The highest BCUT2D eigenvalue weighted by atomic mass is 79.9. The van der Waals surface area contributed by atoms with Crippen molar-refractivity contribution >= 4 is 56.0 Å². The van der Waals surface area contributed by atoms with Crippen molar-refractivity contribution in [2.75, 3.05) is 28.3 Å². The van der Waals surface area contributed by atoms with Gasteiger partial charge in [-0.3, -0.25) is 14.9 Å². The van der Waals surface area contributed by atoms with Crippen molar-refractivity contribution in [1.29, 1.82) is 0 Å². The molecule has 9 N–H and O–H groups in total. The van der Waals surface area contributed by atoms with Crippen LogP contribution in [0.2, 0.25) is 0 Å². The minimum Gasteiger partial charge on any atom is -0.397 e. The lowest BCUT2D eigenvalue weighted by molar-refractivity contribution is -0.384. The van der Waals surface area contributed by atoms with Crippen molar-refractivity contribution in [2.24, 2.45) is 0 Å². The van der Waals surface area contributed by atoms with Gasteiger partial charge < -0.3 is 28.3 Å². The third-order valence-corrected chi connectivity index (χ3v) is 4.47. The molecular weight excluding hydrogens is 452 g/mol. The van der Waals surface area contributed by atoms with Crippen molar-refractivity contribution in [3.05, 3.63) is 69.2 Å². The van der Waals surface area contributed by atoms with Crippen LogP contribution >= 0.6 is 15.9 Å². The number of halogens is 1. The molecule has 0 aliphatic rings. The summed E-state index contributed by atoms with van der Waals surface area (Å²) in [4.78, 5) is 20.8. The number of nitro benzene ring substituents is 1. The average molecular weight is 473 g/mol. The van der Waals surface area contributed by atoms with Crippen molar-refractivity contribution < 1.29 is 9.72 Å². The van der Waals surface area contributed by atoms with E-state index in [-0.39, 0.29) is 17.3 Å². The predicted molar refractivity (Wildman–Crippen MR) is 125 cm³/mol.